The fraction of sp³-hybridized carbons (Fsp3) is 0.923. The molecule has 0 aromatic carbocycles. The summed E-state index contributed by atoms with van der Waals surface area (Å²) in [5.74, 6) is -0.659. The SMILES string of the molecule is CCCC(C)(N)C(=O)N(CCCOCC)CC(F)(F)F. The van der Waals surface area contributed by atoms with Gasteiger partial charge in [0.1, 0.15) is 6.54 Å². The van der Waals surface area contributed by atoms with Crippen LogP contribution in [0.4, 0.5) is 13.2 Å². The van der Waals surface area contributed by atoms with Crippen molar-refractivity contribution in [3.05, 3.63) is 0 Å². The predicted octanol–water partition coefficient (Wildman–Crippen LogP) is 2.32. The molecule has 1 amide bonds. The van der Waals surface area contributed by atoms with Gasteiger partial charge in [-0.05, 0) is 26.7 Å². The minimum absolute atomic E-state index is 0.00511. The Balaban J connectivity index is 4.70. The molecule has 0 aliphatic heterocycles. The van der Waals surface area contributed by atoms with E-state index in [9.17, 15) is 18.0 Å². The summed E-state index contributed by atoms with van der Waals surface area (Å²) in [7, 11) is 0. The fourth-order valence-corrected chi connectivity index (χ4v) is 1.96. The summed E-state index contributed by atoms with van der Waals surface area (Å²) >= 11 is 0. The van der Waals surface area contributed by atoms with Crippen LogP contribution >= 0.6 is 0 Å². The third-order valence-corrected chi connectivity index (χ3v) is 2.84. The van der Waals surface area contributed by atoms with Crippen molar-refractivity contribution in [2.45, 2.75) is 51.7 Å². The van der Waals surface area contributed by atoms with Crippen molar-refractivity contribution >= 4 is 5.91 Å². The zero-order valence-electron chi connectivity index (χ0n) is 12.4. The van der Waals surface area contributed by atoms with Gasteiger partial charge in [0.2, 0.25) is 5.91 Å². The van der Waals surface area contributed by atoms with Gasteiger partial charge in [0.05, 0.1) is 5.54 Å². The second kappa shape index (κ2) is 8.46. The lowest BCUT2D eigenvalue weighted by Gasteiger charge is -2.32. The molecule has 20 heavy (non-hydrogen) atoms. The van der Waals surface area contributed by atoms with Gasteiger partial charge in [-0.15, -0.1) is 0 Å². The number of hydrogen-bond acceptors (Lipinski definition) is 3. The average molecular weight is 298 g/mol. The Kier molecular flexibility index (Phi) is 8.12. The van der Waals surface area contributed by atoms with Crippen molar-refractivity contribution in [2.24, 2.45) is 5.73 Å². The number of hydrogen-bond donors (Lipinski definition) is 1. The van der Waals surface area contributed by atoms with Gasteiger partial charge in [-0.2, -0.15) is 13.2 Å². The van der Waals surface area contributed by atoms with Crippen LogP contribution in [-0.4, -0.2) is 48.8 Å². The van der Waals surface area contributed by atoms with Crippen molar-refractivity contribution in [3.8, 4) is 0 Å². The van der Waals surface area contributed by atoms with E-state index in [0.29, 0.717) is 32.5 Å². The van der Waals surface area contributed by atoms with Crippen LogP contribution in [0.25, 0.3) is 0 Å². The van der Waals surface area contributed by atoms with E-state index in [1.807, 2.05) is 6.92 Å². The van der Waals surface area contributed by atoms with Crippen LogP contribution in [0.15, 0.2) is 0 Å². The van der Waals surface area contributed by atoms with Crippen molar-refractivity contribution in [1.29, 1.82) is 0 Å². The largest absolute Gasteiger partial charge is 0.406 e. The molecular formula is C13H25F3N2O2. The number of halogens is 3. The van der Waals surface area contributed by atoms with Crippen molar-refractivity contribution in [2.75, 3.05) is 26.3 Å². The number of nitrogens with zero attached hydrogens (tertiary/aromatic N) is 1. The Morgan fingerprint density at radius 3 is 2.35 bits per heavy atom. The summed E-state index contributed by atoms with van der Waals surface area (Å²) in [4.78, 5) is 12.9. The molecule has 0 rings (SSSR count). The van der Waals surface area contributed by atoms with Gasteiger partial charge < -0.3 is 15.4 Å². The minimum atomic E-state index is -4.43. The smallest absolute Gasteiger partial charge is 0.382 e. The Labute approximate surface area is 118 Å². The molecule has 0 bridgehead atoms. The lowest BCUT2D eigenvalue weighted by molar-refractivity contribution is -0.164. The van der Waals surface area contributed by atoms with E-state index in [1.54, 1.807) is 6.92 Å². The molecule has 0 fully saturated rings. The van der Waals surface area contributed by atoms with Gasteiger partial charge in [0.15, 0.2) is 0 Å². The van der Waals surface area contributed by atoms with E-state index in [1.165, 1.54) is 6.92 Å². The zero-order valence-corrected chi connectivity index (χ0v) is 12.4. The molecule has 0 aromatic heterocycles. The summed E-state index contributed by atoms with van der Waals surface area (Å²) in [5.41, 5.74) is 4.57. The number of ether oxygens (including phenoxy) is 1. The number of amides is 1. The first-order valence-electron chi connectivity index (χ1n) is 6.86. The number of nitrogens with two attached hydrogens (primary N) is 1. The zero-order chi connectivity index (χ0) is 15.8. The standard InChI is InChI=1S/C13H25F3N2O2/c1-4-7-12(3,17)11(19)18(10-13(14,15)16)8-6-9-20-5-2/h4-10,17H2,1-3H3. The monoisotopic (exact) mass is 298 g/mol. The number of carbonyl (C=O) groups excluding carboxylic acids is 1. The highest BCUT2D eigenvalue weighted by molar-refractivity contribution is 5.85. The van der Waals surface area contributed by atoms with E-state index in [0.717, 1.165) is 4.90 Å². The van der Waals surface area contributed by atoms with Crippen LogP contribution in [0.1, 0.15) is 40.0 Å². The molecule has 0 aliphatic rings. The summed E-state index contributed by atoms with van der Waals surface area (Å²) in [5, 5.41) is 0. The van der Waals surface area contributed by atoms with Gasteiger partial charge in [-0.25, -0.2) is 0 Å². The minimum Gasteiger partial charge on any atom is -0.382 e. The average Bonchev–Trinajstić information content (AvgIpc) is 2.30. The van der Waals surface area contributed by atoms with E-state index in [-0.39, 0.29) is 6.54 Å². The molecule has 0 aromatic rings. The maximum absolute atomic E-state index is 12.5. The summed E-state index contributed by atoms with van der Waals surface area (Å²) in [6.45, 7) is 4.66. The highest BCUT2D eigenvalue weighted by Gasteiger charge is 2.38. The molecule has 7 heteroatoms. The maximum atomic E-state index is 12.5. The molecule has 0 aliphatic carbocycles. The molecular weight excluding hydrogens is 273 g/mol. The lowest BCUT2D eigenvalue weighted by atomic mass is 9.95. The van der Waals surface area contributed by atoms with E-state index in [2.05, 4.69) is 0 Å². The topological polar surface area (TPSA) is 55.6 Å². The molecule has 1 atom stereocenters. The highest BCUT2D eigenvalue weighted by Crippen LogP contribution is 2.20. The Morgan fingerprint density at radius 2 is 1.90 bits per heavy atom. The second-order valence-corrected chi connectivity index (χ2v) is 5.06. The Hall–Kier alpha value is -0.820. The third kappa shape index (κ3) is 7.69. The first kappa shape index (κ1) is 19.2. The van der Waals surface area contributed by atoms with Crippen molar-refractivity contribution in [3.63, 3.8) is 0 Å². The van der Waals surface area contributed by atoms with E-state index in [4.69, 9.17) is 10.5 Å². The first-order valence-corrected chi connectivity index (χ1v) is 6.86. The second-order valence-electron chi connectivity index (χ2n) is 5.06. The maximum Gasteiger partial charge on any atom is 0.406 e. The molecule has 0 saturated carbocycles. The number of rotatable bonds is 9. The lowest BCUT2D eigenvalue weighted by Crippen LogP contribution is -2.55. The predicted molar refractivity (Wildman–Crippen MR) is 71.2 cm³/mol. The van der Waals surface area contributed by atoms with Crippen molar-refractivity contribution in [1.82, 2.24) is 4.90 Å². The molecule has 1 unspecified atom stereocenters. The van der Waals surface area contributed by atoms with Gasteiger partial charge in [0.25, 0.3) is 0 Å². The van der Waals surface area contributed by atoms with Crippen molar-refractivity contribution < 1.29 is 22.7 Å². The first-order chi connectivity index (χ1) is 9.14. The molecule has 0 spiro atoms. The van der Waals surface area contributed by atoms with Crippen LogP contribution < -0.4 is 5.73 Å². The van der Waals surface area contributed by atoms with Gasteiger partial charge in [-0.1, -0.05) is 13.3 Å². The molecule has 120 valence electrons. The quantitative estimate of drug-likeness (QED) is 0.665. The molecule has 0 saturated heterocycles. The summed E-state index contributed by atoms with van der Waals surface area (Å²) in [6, 6.07) is 0. The van der Waals surface area contributed by atoms with Gasteiger partial charge in [0, 0.05) is 19.8 Å². The fourth-order valence-electron chi connectivity index (χ4n) is 1.96. The summed E-state index contributed by atoms with van der Waals surface area (Å²) < 4.78 is 42.7. The van der Waals surface area contributed by atoms with Gasteiger partial charge >= 0.3 is 6.18 Å². The Bertz CT molecular complexity index is 294. The number of alkyl halides is 3. The van der Waals surface area contributed by atoms with Crippen LogP contribution in [-0.2, 0) is 9.53 Å². The van der Waals surface area contributed by atoms with Gasteiger partial charge in [-0.3, -0.25) is 4.79 Å². The van der Waals surface area contributed by atoms with Crippen LogP contribution in [0.3, 0.4) is 0 Å². The molecule has 0 heterocycles. The van der Waals surface area contributed by atoms with Crippen LogP contribution in [0.2, 0.25) is 0 Å². The van der Waals surface area contributed by atoms with Crippen LogP contribution in [0, 0.1) is 0 Å². The summed E-state index contributed by atoms with van der Waals surface area (Å²) in [6.07, 6.45) is -3.08. The third-order valence-electron chi connectivity index (χ3n) is 2.84. The van der Waals surface area contributed by atoms with E-state index < -0.39 is 24.2 Å². The van der Waals surface area contributed by atoms with Crippen LogP contribution in [0.5, 0.6) is 0 Å². The number of carbonyl (C=O) groups is 1. The molecule has 0 radical (unpaired) electrons. The molecule has 4 nitrogen and oxygen atoms in total. The Morgan fingerprint density at radius 1 is 1.30 bits per heavy atom. The normalized spacial score (nSPS) is 14.9. The highest BCUT2D eigenvalue weighted by atomic mass is 19.4. The van der Waals surface area contributed by atoms with E-state index >= 15 is 0 Å². The molecule has 2 N–H and O–H groups in total.